The van der Waals surface area contributed by atoms with Crippen LogP contribution in [0.3, 0.4) is 0 Å². The van der Waals surface area contributed by atoms with Crippen molar-refractivity contribution in [3.8, 4) is 5.75 Å². The molecule has 6 rings (SSSR count). The SMILES string of the molecule is CCCCOc1cccc(C2C(=C(O)c3c(C)nc4ccccn34)C(=O)C(=O)N2c2nnc(SCc3ccccc3)s2)c1. The van der Waals surface area contributed by atoms with Crippen molar-refractivity contribution in [2.45, 2.75) is 42.8 Å². The highest BCUT2D eigenvalue weighted by Gasteiger charge is 2.49. The fourth-order valence-corrected chi connectivity index (χ4v) is 6.88. The van der Waals surface area contributed by atoms with Crippen LogP contribution in [-0.2, 0) is 15.3 Å². The van der Waals surface area contributed by atoms with E-state index in [0.717, 1.165) is 18.4 Å². The van der Waals surface area contributed by atoms with E-state index in [9.17, 15) is 14.7 Å². The van der Waals surface area contributed by atoms with Crippen molar-refractivity contribution >= 4 is 51.3 Å². The van der Waals surface area contributed by atoms with Crippen molar-refractivity contribution in [2.24, 2.45) is 0 Å². The Balaban J connectivity index is 1.44. The minimum Gasteiger partial charge on any atom is -0.505 e. The molecule has 4 heterocycles. The molecular weight excluding hydrogens is 583 g/mol. The topological polar surface area (TPSA) is 110 Å². The number of aryl methyl sites for hydroxylation is 1. The Morgan fingerprint density at radius 3 is 2.67 bits per heavy atom. The molecule has 11 heteroatoms. The molecule has 2 aromatic carbocycles. The van der Waals surface area contributed by atoms with Crippen LogP contribution in [0.5, 0.6) is 5.75 Å². The molecule has 1 aliphatic rings. The third-order valence-corrected chi connectivity index (χ3v) is 9.25. The summed E-state index contributed by atoms with van der Waals surface area (Å²) in [6.07, 6.45) is 3.64. The number of rotatable bonds is 10. The summed E-state index contributed by atoms with van der Waals surface area (Å²) in [7, 11) is 0. The van der Waals surface area contributed by atoms with Crippen LogP contribution in [-0.4, -0.2) is 43.0 Å². The number of pyridine rings is 1. The number of imidazole rings is 1. The maximum atomic E-state index is 13.8. The van der Waals surface area contributed by atoms with Crippen molar-refractivity contribution in [1.82, 2.24) is 19.6 Å². The number of ketones is 1. The molecule has 0 spiro atoms. The van der Waals surface area contributed by atoms with Gasteiger partial charge in [-0.25, -0.2) is 4.98 Å². The predicted molar refractivity (Wildman–Crippen MR) is 167 cm³/mol. The number of ether oxygens (including phenoxy) is 1. The Kier molecular flexibility index (Phi) is 8.26. The van der Waals surface area contributed by atoms with Gasteiger partial charge in [0, 0.05) is 11.9 Å². The molecule has 0 aliphatic carbocycles. The average Bonchev–Trinajstić information content (AvgIpc) is 3.70. The number of aliphatic hydroxyl groups is 1. The van der Waals surface area contributed by atoms with E-state index in [-0.39, 0.29) is 16.5 Å². The van der Waals surface area contributed by atoms with Crippen molar-refractivity contribution in [1.29, 1.82) is 0 Å². The standard InChI is InChI=1S/C32H29N5O4S2/c1-3-4-17-41-23-14-10-13-22(18-23)27-25(28(38)26-20(2)33-24-15-8-9-16-36(24)26)29(39)30(40)37(27)31-34-35-32(43-31)42-19-21-11-6-5-7-12-21/h5-16,18,27,38H,3-4,17,19H2,1-2H3. The minimum absolute atomic E-state index is 0.0434. The normalized spacial score (nSPS) is 16.3. The molecule has 1 N–H and O–H groups in total. The molecule has 3 aromatic heterocycles. The smallest absolute Gasteiger partial charge is 0.301 e. The summed E-state index contributed by atoms with van der Waals surface area (Å²) in [5.41, 5.74) is 3.19. The second kappa shape index (κ2) is 12.4. The van der Waals surface area contributed by atoms with Gasteiger partial charge in [0.2, 0.25) is 5.13 Å². The van der Waals surface area contributed by atoms with Crippen LogP contribution in [0.4, 0.5) is 5.13 Å². The summed E-state index contributed by atoms with van der Waals surface area (Å²) >= 11 is 2.74. The van der Waals surface area contributed by atoms with Crippen molar-refractivity contribution < 1.29 is 19.4 Å². The number of hydrogen-bond acceptors (Lipinski definition) is 9. The van der Waals surface area contributed by atoms with Gasteiger partial charge >= 0.3 is 5.91 Å². The van der Waals surface area contributed by atoms with E-state index >= 15 is 0 Å². The summed E-state index contributed by atoms with van der Waals surface area (Å²) in [5, 5.41) is 20.7. The third-order valence-electron chi connectivity index (χ3n) is 7.12. The summed E-state index contributed by atoms with van der Waals surface area (Å²) < 4.78 is 8.33. The van der Waals surface area contributed by atoms with E-state index in [1.165, 1.54) is 28.0 Å². The number of benzene rings is 2. The molecular formula is C32H29N5O4S2. The first-order chi connectivity index (χ1) is 21.0. The zero-order valence-electron chi connectivity index (χ0n) is 23.6. The molecule has 218 valence electrons. The number of aliphatic hydroxyl groups excluding tert-OH is 1. The summed E-state index contributed by atoms with van der Waals surface area (Å²) in [5.74, 6) is -0.603. The number of thioether (sulfide) groups is 1. The van der Waals surface area contributed by atoms with Crippen LogP contribution in [0, 0.1) is 6.92 Å². The Labute approximate surface area is 256 Å². The van der Waals surface area contributed by atoms with Crippen molar-refractivity contribution in [3.63, 3.8) is 0 Å². The van der Waals surface area contributed by atoms with Crippen molar-refractivity contribution in [2.75, 3.05) is 11.5 Å². The number of amides is 1. The first-order valence-corrected chi connectivity index (χ1v) is 15.7. The summed E-state index contributed by atoms with van der Waals surface area (Å²) in [6.45, 7) is 4.39. The maximum Gasteiger partial charge on any atom is 0.301 e. The van der Waals surface area contributed by atoms with E-state index in [2.05, 4.69) is 22.1 Å². The van der Waals surface area contributed by atoms with Gasteiger partial charge in [0.15, 0.2) is 10.1 Å². The molecule has 1 atom stereocenters. The zero-order valence-corrected chi connectivity index (χ0v) is 25.3. The maximum absolute atomic E-state index is 13.8. The Morgan fingerprint density at radius 2 is 1.86 bits per heavy atom. The van der Waals surface area contributed by atoms with Gasteiger partial charge in [-0.1, -0.05) is 85.0 Å². The lowest BCUT2D eigenvalue weighted by Gasteiger charge is -2.23. The number of nitrogens with zero attached hydrogens (tertiary/aromatic N) is 5. The number of carbonyl (C=O) groups excluding carboxylic acids is 2. The van der Waals surface area contributed by atoms with E-state index < -0.39 is 17.7 Å². The van der Waals surface area contributed by atoms with Gasteiger partial charge in [0.1, 0.15) is 17.1 Å². The number of carbonyl (C=O) groups is 2. The molecule has 1 unspecified atom stereocenters. The van der Waals surface area contributed by atoms with Crippen LogP contribution in [0.1, 0.15) is 48.3 Å². The van der Waals surface area contributed by atoms with Crippen LogP contribution in [0.2, 0.25) is 0 Å². The molecule has 1 amide bonds. The predicted octanol–water partition coefficient (Wildman–Crippen LogP) is 6.59. The molecule has 0 bridgehead atoms. The van der Waals surface area contributed by atoms with Crippen LogP contribution >= 0.6 is 23.1 Å². The first-order valence-electron chi connectivity index (χ1n) is 13.9. The Morgan fingerprint density at radius 1 is 1.05 bits per heavy atom. The molecule has 1 aliphatic heterocycles. The van der Waals surface area contributed by atoms with Crippen molar-refractivity contribution in [3.05, 3.63) is 107 Å². The van der Waals surface area contributed by atoms with Gasteiger partial charge in [0.05, 0.1) is 23.9 Å². The number of fused-ring (bicyclic) bond motifs is 1. The zero-order chi connectivity index (χ0) is 29.9. The number of anilines is 1. The van der Waals surface area contributed by atoms with Gasteiger partial charge < -0.3 is 9.84 Å². The minimum atomic E-state index is -0.955. The fourth-order valence-electron chi connectivity index (χ4n) is 5.06. The molecule has 1 fully saturated rings. The molecule has 43 heavy (non-hydrogen) atoms. The van der Waals surface area contributed by atoms with E-state index in [1.54, 1.807) is 23.6 Å². The van der Waals surface area contributed by atoms with Gasteiger partial charge in [-0.2, -0.15) is 0 Å². The van der Waals surface area contributed by atoms with Gasteiger partial charge in [0.25, 0.3) is 5.78 Å². The average molecular weight is 612 g/mol. The summed E-state index contributed by atoms with van der Waals surface area (Å²) in [4.78, 5) is 33.3. The number of hydrogen-bond donors (Lipinski definition) is 1. The Hall–Kier alpha value is -4.48. The van der Waals surface area contributed by atoms with Gasteiger partial charge in [-0.15, -0.1) is 10.2 Å². The van der Waals surface area contributed by atoms with E-state index in [0.29, 0.717) is 45.0 Å². The first kappa shape index (κ1) is 28.6. The molecule has 0 saturated carbocycles. The molecule has 1 saturated heterocycles. The molecule has 5 aromatic rings. The van der Waals surface area contributed by atoms with E-state index in [4.69, 9.17) is 4.74 Å². The second-order valence-electron chi connectivity index (χ2n) is 10.0. The monoisotopic (exact) mass is 611 g/mol. The highest BCUT2D eigenvalue weighted by atomic mass is 32.2. The quantitative estimate of drug-likeness (QED) is 0.0470. The highest BCUT2D eigenvalue weighted by Crippen LogP contribution is 2.45. The number of aromatic nitrogens is 4. The molecule has 0 radical (unpaired) electrons. The number of Topliss-reactive ketones (excluding diaryl/α,β-unsaturated/α-hetero) is 1. The number of unbranched alkanes of at least 4 members (excludes halogenated alkanes) is 1. The summed E-state index contributed by atoms with van der Waals surface area (Å²) in [6, 6.07) is 21.8. The lowest BCUT2D eigenvalue weighted by atomic mass is 9.96. The molecule has 9 nitrogen and oxygen atoms in total. The lowest BCUT2D eigenvalue weighted by molar-refractivity contribution is -0.132. The van der Waals surface area contributed by atoms with Crippen LogP contribution in [0.25, 0.3) is 11.4 Å². The highest BCUT2D eigenvalue weighted by molar-refractivity contribution is 8.00. The lowest BCUT2D eigenvalue weighted by Crippen LogP contribution is -2.29. The van der Waals surface area contributed by atoms with E-state index in [1.807, 2.05) is 66.7 Å². The van der Waals surface area contributed by atoms with Crippen LogP contribution in [0.15, 0.2) is 88.9 Å². The van der Waals surface area contributed by atoms with Crippen LogP contribution < -0.4 is 9.64 Å². The largest absolute Gasteiger partial charge is 0.505 e. The fraction of sp³-hybridized carbons (Fsp3) is 0.219. The van der Waals surface area contributed by atoms with Gasteiger partial charge in [-0.3, -0.25) is 18.9 Å². The third kappa shape index (κ3) is 5.65. The Bertz CT molecular complexity index is 1830. The second-order valence-corrected chi connectivity index (χ2v) is 12.2. The van der Waals surface area contributed by atoms with Gasteiger partial charge in [-0.05, 0) is 48.7 Å².